The van der Waals surface area contributed by atoms with Gasteiger partial charge in [0.05, 0.1) is 6.61 Å². The largest absolute Gasteiger partial charge is 0.384 e. The van der Waals surface area contributed by atoms with Crippen LogP contribution in [0, 0.1) is 5.92 Å². The van der Waals surface area contributed by atoms with Crippen LogP contribution in [0.3, 0.4) is 0 Å². The average molecular weight is 278 g/mol. The van der Waals surface area contributed by atoms with E-state index in [0.717, 1.165) is 32.5 Å². The average Bonchev–Trinajstić information content (AvgIpc) is 2.48. The molecule has 2 rings (SSSR count). The number of amides is 1. The van der Waals surface area contributed by atoms with E-state index in [1.54, 1.807) is 19.2 Å². The molecule has 6 heteroatoms. The highest BCUT2D eigenvalue weighted by Crippen LogP contribution is 2.18. The SMILES string of the molecule is CCNc1ccc(C(=O)N2CCCC(COC)C2)nn1. The van der Waals surface area contributed by atoms with Gasteiger partial charge in [-0.2, -0.15) is 0 Å². The van der Waals surface area contributed by atoms with Gasteiger partial charge in [-0.25, -0.2) is 0 Å². The molecule has 20 heavy (non-hydrogen) atoms. The van der Waals surface area contributed by atoms with E-state index in [1.165, 1.54) is 0 Å². The van der Waals surface area contributed by atoms with E-state index in [2.05, 4.69) is 15.5 Å². The van der Waals surface area contributed by atoms with Crippen LogP contribution in [-0.4, -0.2) is 54.4 Å². The summed E-state index contributed by atoms with van der Waals surface area (Å²) in [5.74, 6) is 1.08. The number of carbonyl (C=O) groups is 1. The van der Waals surface area contributed by atoms with Gasteiger partial charge < -0.3 is 15.0 Å². The van der Waals surface area contributed by atoms with Gasteiger partial charge in [0.25, 0.3) is 5.91 Å². The molecular formula is C14H22N4O2. The number of anilines is 1. The van der Waals surface area contributed by atoms with Crippen LogP contribution in [0.1, 0.15) is 30.3 Å². The Balaban J connectivity index is 1.99. The highest BCUT2D eigenvalue weighted by atomic mass is 16.5. The normalized spacial score (nSPS) is 18.9. The van der Waals surface area contributed by atoms with E-state index in [4.69, 9.17) is 4.74 Å². The van der Waals surface area contributed by atoms with Gasteiger partial charge in [-0.3, -0.25) is 4.79 Å². The highest BCUT2D eigenvalue weighted by molar-refractivity contribution is 5.92. The second-order valence-electron chi connectivity index (χ2n) is 5.05. The molecule has 0 aromatic carbocycles. The van der Waals surface area contributed by atoms with Crippen molar-refractivity contribution in [2.24, 2.45) is 5.92 Å². The predicted molar refractivity (Wildman–Crippen MR) is 76.7 cm³/mol. The molecule has 0 saturated carbocycles. The summed E-state index contributed by atoms with van der Waals surface area (Å²) >= 11 is 0. The molecule has 0 radical (unpaired) electrons. The van der Waals surface area contributed by atoms with Crippen molar-refractivity contribution in [3.05, 3.63) is 17.8 Å². The summed E-state index contributed by atoms with van der Waals surface area (Å²) in [6.07, 6.45) is 2.13. The molecule has 6 nitrogen and oxygen atoms in total. The van der Waals surface area contributed by atoms with Crippen LogP contribution in [-0.2, 0) is 4.74 Å². The maximum absolute atomic E-state index is 12.4. The Hall–Kier alpha value is -1.69. The van der Waals surface area contributed by atoms with Gasteiger partial charge in [-0.05, 0) is 37.8 Å². The maximum atomic E-state index is 12.4. The zero-order valence-corrected chi connectivity index (χ0v) is 12.1. The Morgan fingerprint density at radius 1 is 1.50 bits per heavy atom. The number of aromatic nitrogens is 2. The lowest BCUT2D eigenvalue weighted by Crippen LogP contribution is -2.41. The lowest BCUT2D eigenvalue weighted by molar-refractivity contribution is 0.0564. The number of likely N-dealkylation sites (tertiary alicyclic amines) is 1. The van der Waals surface area contributed by atoms with Crippen LogP contribution in [0.2, 0.25) is 0 Å². The molecule has 1 N–H and O–H groups in total. The zero-order valence-electron chi connectivity index (χ0n) is 12.1. The molecule has 1 aliphatic rings. The van der Waals surface area contributed by atoms with E-state index >= 15 is 0 Å². The summed E-state index contributed by atoms with van der Waals surface area (Å²) in [6.45, 7) is 5.00. The Labute approximate surface area is 119 Å². The minimum Gasteiger partial charge on any atom is -0.384 e. The molecular weight excluding hydrogens is 256 g/mol. The summed E-state index contributed by atoms with van der Waals surface area (Å²) in [5, 5.41) is 11.1. The van der Waals surface area contributed by atoms with Crippen molar-refractivity contribution in [1.29, 1.82) is 0 Å². The number of hydrogen-bond donors (Lipinski definition) is 1. The molecule has 1 aromatic heterocycles. The van der Waals surface area contributed by atoms with Crippen molar-refractivity contribution in [3.63, 3.8) is 0 Å². The molecule has 1 unspecified atom stereocenters. The monoisotopic (exact) mass is 278 g/mol. The number of carbonyl (C=O) groups excluding carboxylic acids is 1. The van der Waals surface area contributed by atoms with Gasteiger partial charge in [-0.1, -0.05) is 0 Å². The van der Waals surface area contributed by atoms with Crippen molar-refractivity contribution in [2.45, 2.75) is 19.8 Å². The van der Waals surface area contributed by atoms with Gasteiger partial charge in [0.15, 0.2) is 5.69 Å². The Kier molecular flexibility index (Phi) is 5.29. The summed E-state index contributed by atoms with van der Waals surface area (Å²) in [4.78, 5) is 14.2. The number of ether oxygens (including phenoxy) is 1. The van der Waals surface area contributed by atoms with Crippen LogP contribution in [0.15, 0.2) is 12.1 Å². The second-order valence-corrected chi connectivity index (χ2v) is 5.05. The fourth-order valence-corrected chi connectivity index (χ4v) is 2.50. The molecule has 0 spiro atoms. The number of hydrogen-bond acceptors (Lipinski definition) is 5. The fraction of sp³-hybridized carbons (Fsp3) is 0.643. The third-order valence-corrected chi connectivity index (χ3v) is 3.45. The second kappa shape index (κ2) is 7.19. The maximum Gasteiger partial charge on any atom is 0.274 e. The zero-order chi connectivity index (χ0) is 14.4. The van der Waals surface area contributed by atoms with E-state index in [-0.39, 0.29) is 5.91 Å². The first-order valence-electron chi connectivity index (χ1n) is 7.10. The standard InChI is InChI=1S/C14H22N4O2/c1-3-15-13-7-6-12(16-17-13)14(19)18-8-4-5-11(9-18)10-20-2/h6-7,11H,3-5,8-10H2,1-2H3,(H,15,17). The third kappa shape index (κ3) is 3.66. The minimum atomic E-state index is -0.0404. The van der Waals surface area contributed by atoms with E-state index in [1.807, 2.05) is 11.8 Å². The van der Waals surface area contributed by atoms with Crippen LogP contribution >= 0.6 is 0 Å². The van der Waals surface area contributed by atoms with Crippen molar-refractivity contribution < 1.29 is 9.53 Å². The number of rotatable bonds is 5. The first-order chi connectivity index (χ1) is 9.74. The van der Waals surface area contributed by atoms with Crippen LogP contribution in [0.4, 0.5) is 5.82 Å². The van der Waals surface area contributed by atoms with E-state index < -0.39 is 0 Å². The summed E-state index contributed by atoms with van der Waals surface area (Å²) < 4.78 is 5.18. The van der Waals surface area contributed by atoms with Crippen molar-refractivity contribution in [3.8, 4) is 0 Å². The van der Waals surface area contributed by atoms with Gasteiger partial charge in [-0.15, -0.1) is 10.2 Å². The number of piperidine rings is 1. The number of nitrogens with one attached hydrogen (secondary N) is 1. The topological polar surface area (TPSA) is 67.4 Å². The van der Waals surface area contributed by atoms with Gasteiger partial charge in [0, 0.05) is 26.7 Å². The molecule has 1 fully saturated rings. The van der Waals surface area contributed by atoms with Crippen LogP contribution in [0.25, 0.3) is 0 Å². The molecule has 0 aliphatic carbocycles. The van der Waals surface area contributed by atoms with Crippen molar-refractivity contribution >= 4 is 11.7 Å². The predicted octanol–water partition coefficient (Wildman–Crippen LogP) is 1.41. The molecule has 110 valence electrons. The molecule has 1 aromatic rings. The van der Waals surface area contributed by atoms with Crippen LogP contribution in [0.5, 0.6) is 0 Å². The van der Waals surface area contributed by atoms with Crippen molar-refractivity contribution in [1.82, 2.24) is 15.1 Å². The first kappa shape index (κ1) is 14.7. The fourth-order valence-electron chi connectivity index (χ4n) is 2.50. The van der Waals surface area contributed by atoms with Gasteiger partial charge in [0.2, 0.25) is 0 Å². The lowest BCUT2D eigenvalue weighted by atomic mass is 9.99. The molecule has 1 aliphatic heterocycles. The van der Waals surface area contributed by atoms with Crippen LogP contribution < -0.4 is 5.32 Å². The first-order valence-corrected chi connectivity index (χ1v) is 7.10. The smallest absolute Gasteiger partial charge is 0.274 e. The number of methoxy groups -OCH3 is 1. The molecule has 0 bridgehead atoms. The summed E-state index contributed by atoms with van der Waals surface area (Å²) in [6, 6.07) is 3.52. The molecule has 1 amide bonds. The quantitative estimate of drug-likeness (QED) is 0.882. The minimum absolute atomic E-state index is 0.0404. The van der Waals surface area contributed by atoms with Gasteiger partial charge >= 0.3 is 0 Å². The highest BCUT2D eigenvalue weighted by Gasteiger charge is 2.25. The van der Waals surface area contributed by atoms with Crippen molar-refractivity contribution in [2.75, 3.05) is 38.7 Å². The summed E-state index contributed by atoms with van der Waals surface area (Å²) in [5.41, 5.74) is 0.407. The Morgan fingerprint density at radius 3 is 3.00 bits per heavy atom. The summed E-state index contributed by atoms with van der Waals surface area (Å²) in [7, 11) is 1.70. The Morgan fingerprint density at radius 2 is 2.35 bits per heavy atom. The lowest BCUT2D eigenvalue weighted by Gasteiger charge is -2.32. The molecule has 1 atom stereocenters. The van der Waals surface area contributed by atoms with E-state index in [0.29, 0.717) is 24.0 Å². The third-order valence-electron chi connectivity index (χ3n) is 3.45. The van der Waals surface area contributed by atoms with E-state index in [9.17, 15) is 4.79 Å². The molecule has 1 saturated heterocycles. The van der Waals surface area contributed by atoms with Gasteiger partial charge in [0.1, 0.15) is 5.82 Å². The molecule has 2 heterocycles. The Bertz CT molecular complexity index is 433. The number of nitrogens with zero attached hydrogens (tertiary/aromatic N) is 3.